The van der Waals surface area contributed by atoms with E-state index >= 15 is 0 Å². The number of rotatable bonds is 5. The van der Waals surface area contributed by atoms with Gasteiger partial charge in [0.05, 0.1) is 0 Å². The number of anilines is 2. The lowest BCUT2D eigenvalue weighted by atomic mass is 10.1. The molecule has 1 fully saturated rings. The van der Waals surface area contributed by atoms with Gasteiger partial charge in [0.1, 0.15) is 5.71 Å². The van der Waals surface area contributed by atoms with E-state index in [0.717, 1.165) is 43.1 Å². The van der Waals surface area contributed by atoms with Gasteiger partial charge in [0.2, 0.25) is 5.91 Å². The second kappa shape index (κ2) is 8.79. The zero-order chi connectivity index (χ0) is 19.2. The molecule has 0 saturated carbocycles. The van der Waals surface area contributed by atoms with Crippen LogP contribution in [-0.2, 0) is 4.79 Å². The van der Waals surface area contributed by atoms with E-state index < -0.39 is 0 Å². The molecule has 0 aliphatic carbocycles. The summed E-state index contributed by atoms with van der Waals surface area (Å²) in [6.45, 7) is 6.11. The highest BCUT2D eigenvalue weighted by atomic mass is 16.4. The number of nitrogens with zero attached hydrogens (tertiary/aromatic N) is 4. The second-order valence-corrected chi connectivity index (χ2v) is 6.86. The van der Waals surface area contributed by atoms with Crippen LogP contribution in [0.2, 0.25) is 0 Å². The van der Waals surface area contributed by atoms with Crippen molar-refractivity contribution < 1.29 is 10.0 Å². The van der Waals surface area contributed by atoms with Crippen LogP contribution in [0.5, 0.6) is 0 Å². The highest BCUT2D eigenvalue weighted by Gasteiger charge is 2.18. The van der Waals surface area contributed by atoms with Crippen molar-refractivity contribution in [3.8, 4) is 0 Å². The number of para-hydroxylation sites is 1. The van der Waals surface area contributed by atoms with E-state index in [2.05, 4.69) is 22.0 Å². The SMILES string of the molecule is CC(=O)N(c1ccccc1)c1ccc(C(CN2CCN(C)CC2)=NO)cc1. The number of likely N-dealkylation sites (N-methyl/N-ethyl adjacent to an activating group) is 1. The average molecular weight is 366 g/mol. The fraction of sp³-hybridized carbons (Fsp3) is 0.333. The second-order valence-electron chi connectivity index (χ2n) is 6.86. The van der Waals surface area contributed by atoms with Crippen molar-refractivity contribution in [3.63, 3.8) is 0 Å². The Morgan fingerprint density at radius 2 is 1.59 bits per heavy atom. The van der Waals surface area contributed by atoms with Gasteiger partial charge in [0, 0.05) is 56.6 Å². The molecule has 1 heterocycles. The Hall–Kier alpha value is -2.70. The summed E-state index contributed by atoms with van der Waals surface area (Å²) in [5.41, 5.74) is 3.11. The molecule has 6 heteroatoms. The number of oxime groups is 1. The van der Waals surface area contributed by atoms with E-state index in [1.165, 1.54) is 0 Å². The Morgan fingerprint density at radius 3 is 2.15 bits per heavy atom. The molecule has 1 amide bonds. The normalized spacial score (nSPS) is 16.3. The molecule has 1 aliphatic rings. The fourth-order valence-electron chi connectivity index (χ4n) is 3.29. The van der Waals surface area contributed by atoms with Crippen molar-refractivity contribution in [3.05, 3.63) is 60.2 Å². The average Bonchev–Trinajstić information content (AvgIpc) is 2.69. The molecule has 0 radical (unpaired) electrons. The largest absolute Gasteiger partial charge is 0.411 e. The van der Waals surface area contributed by atoms with Gasteiger partial charge in [-0.2, -0.15) is 0 Å². The van der Waals surface area contributed by atoms with Gasteiger partial charge in [0.25, 0.3) is 0 Å². The highest BCUT2D eigenvalue weighted by Crippen LogP contribution is 2.25. The Morgan fingerprint density at radius 1 is 1.00 bits per heavy atom. The third kappa shape index (κ3) is 4.72. The van der Waals surface area contributed by atoms with Crippen molar-refractivity contribution in [2.45, 2.75) is 6.92 Å². The molecular formula is C21H26N4O2. The number of hydrogen-bond acceptors (Lipinski definition) is 5. The summed E-state index contributed by atoms with van der Waals surface area (Å²) in [4.78, 5) is 18.4. The van der Waals surface area contributed by atoms with E-state index in [1.54, 1.807) is 11.8 Å². The zero-order valence-electron chi connectivity index (χ0n) is 15.9. The molecule has 2 aromatic carbocycles. The lowest BCUT2D eigenvalue weighted by molar-refractivity contribution is -0.115. The molecule has 27 heavy (non-hydrogen) atoms. The van der Waals surface area contributed by atoms with Gasteiger partial charge in [-0.1, -0.05) is 35.5 Å². The van der Waals surface area contributed by atoms with Crippen LogP contribution >= 0.6 is 0 Å². The first kappa shape index (κ1) is 19.1. The van der Waals surface area contributed by atoms with Crippen molar-refractivity contribution in [2.75, 3.05) is 44.7 Å². The molecule has 1 N–H and O–H groups in total. The maximum atomic E-state index is 12.2. The number of hydrogen-bond donors (Lipinski definition) is 1. The topological polar surface area (TPSA) is 59.4 Å². The molecule has 1 saturated heterocycles. The molecule has 0 unspecified atom stereocenters. The first-order valence-corrected chi connectivity index (χ1v) is 9.16. The van der Waals surface area contributed by atoms with Crippen molar-refractivity contribution in [2.24, 2.45) is 5.16 Å². The number of amides is 1. The van der Waals surface area contributed by atoms with Crippen LogP contribution in [0.3, 0.4) is 0 Å². The van der Waals surface area contributed by atoms with E-state index in [1.807, 2.05) is 54.6 Å². The summed E-state index contributed by atoms with van der Waals surface area (Å²) < 4.78 is 0. The summed E-state index contributed by atoms with van der Waals surface area (Å²) in [7, 11) is 2.12. The monoisotopic (exact) mass is 366 g/mol. The Kier molecular flexibility index (Phi) is 6.21. The molecule has 2 aromatic rings. The molecule has 0 atom stereocenters. The van der Waals surface area contributed by atoms with Crippen molar-refractivity contribution >= 4 is 23.0 Å². The number of benzene rings is 2. The van der Waals surface area contributed by atoms with E-state index in [9.17, 15) is 10.0 Å². The first-order valence-electron chi connectivity index (χ1n) is 9.16. The van der Waals surface area contributed by atoms with Gasteiger partial charge in [-0.25, -0.2) is 0 Å². The van der Waals surface area contributed by atoms with Crippen molar-refractivity contribution in [1.29, 1.82) is 0 Å². The molecule has 0 bridgehead atoms. The molecular weight excluding hydrogens is 340 g/mol. The predicted octanol–water partition coefficient (Wildman–Crippen LogP) is 2.80. The maximum Gasteiger partial charge on any atom is 0.228 e. The molecule has 1 aliphatic heterocycles. The van der Waals surface area contributed by atoms with Gasteiger partial charge in [-0.05, 0) is 31.3 Å². The number of carbonyl (C=O) groups excluding carboxylic acids is 1. The summed E-state index contributed by atoms with van der Waals surface area (Å²) in [5.74, 6) is -0.0533. The smallest absolute Gasteiger partial charge is 0.228 e. The van der Waals surface area contributed by atoms with Crippen LogP contribution in [0.15, 0.2) is 59.8 Å². The van der Waals surface area contributed by atoms with Gasteiger partial charge >= 0.3 is 0 Å². The minimum absolute atomic E-state index is 0.0533. The van der Waals surface area contributed by atoms with E-state index in [-0.39, 0.29) is 5.91 Å². The number of piperazine rings is 1. The summed E-state index contributed by atoms with van der Waals surface area (Å²) in [6.07, 6.45) is 0. The quantitative estimate of drug-likeness (QED) is 0.502. The molecule has 0 aromatic heterocycles. The van der Waals surface area contributed by atoms with Crippen molar-refractivity contribution in [1.82, 2.24) is 9.80 Å². The fourth-order valence-corrected chi connectivity index (χ4v) is 3.29. The lowest BCUT2D eigenvalue weighted by Crippen LogP contribution is -2.46. The van der Waals surface area contributed by atoms with Gasteiger partial charge in [0.15, 0.2) is 0 Å². The number of carbonyl (C=O) groups is 1. The third-order valence-electron chi connectivity index (χ3n) is 4.88. The van der Waals surface area contributed by atoms with Crippen LogP contribution in [0.25, 0.3) is 0 Å². The van der Waals surface area contributed by atoms with Crippen LogP contribution < -0.4 is 4.90 Å². The highest BCUT2D eigenvalue weighted by molar-refractivity contribution is 6.03. The molecule has 142 valence electrons. The first-order chi connectivity index (χ1) is 13.1. The van der Waals surface area contributed by atoms with Crippen LogP contribution in [0.1, 0.15) is 12.5 Å². The Labute approximate surface area is 160 Å². The van der Waals surface area contributed by atoms with Gasteiger partial charge in [-0.15, -0.1) is 0 Å². The Balaban J connectivity index is 1.76. The summed E-state index contributed by atoms with van der Waals surface area (Å²) in [6, 6.07) is 17.1. The zero-order valence-corrected chi connectivity index (χ0v) is 15.9. The van der Waals surface area contributed by atoms with Gasteiger partial charge < -0.3 is 10.1 Å². The molecule has 6 nitrogen and oxygen atoms in total. The van der Waals surface area contributed by atoms with Gasteiger partial charge in [-0.3, -0.25) is 14.6 Å². The minimum atomic E-state index is -0.0533. The van der Waals surface area contributed by atoms with Crippen LogP contribution in [-0.4, -0.2) is 66.4 Å². The van der Waals surface area contributed by atoms with Crippen LogP contribution in [0, 0.1) is 0 Å². The predicted molar refractivity (Wildman–Crippen MR) is 108 cm³/mol. The summed E-state index contributed by atoms with van der Waals surface area (Å²) in [5, 5.41) is 13.0. The third-order valence-corrected chi connectivity index (χ3v) is 4.88. The molecule has 0 spiro atoms. The maximum absolute atomic E-state index is 12.2. The van der Waals surface area contributed by atoms with Crippen LogP contribution in [0.4, 0.5) is 11.4 Å². The standard InChI is InChI=1S/C21H26N4O2/c1-17(26)25(19-6-4-3-5-7-19)20-10-8-18(9-11-20)21(22-27)16-24-14-12-23(2)13-15-24/h3-11,27H,12-16H2,1-2H3. The molecule has 3 rings (SSSR count). The summed E-state index contributed by atoms with van der Waals surface area (Å²) >= 11 is 0. The lowest BCUT2D eigenvalue weighted by Gasteiger charge is -2.32. The Bertz CT molecular complexity index is 782. The van der Waals surface area contributed by atoms with E-state index in [4.69, 9.17) is 0 Å². The minimum Gasteiger partial charge on any atom is -0.411 e. The van der Waals surface area contributed by atoms with E-state index in [0.29, 0.717) is 12.3 Å².